The van der Waals surface area contributed by atoms with Gasteiger partial charge in [-0.15, -0.1) is 0 Å². The molecule has 0 unspecified atom stereocenters. The Morgan fingerprint density at radius 2 is 1.73 bits per heavy atom. The molecular formula is C32H24N4O4. The second-order valence-corrected chi connectivity index (χ2v) is 9.15. The molecule has 6 rings (SSSR count). The number of hydrogen-bond donors (Lipinski definition) is 1. The molecule has 8 heteroatoms. The van der Waals surface area contributed by atoms with E-state index in [2.05, 4.69) is 10.4 Å². The Morgan fingerprint density at radius 3 is 2.60 bits per heavy atom. The fraction of sp³-hybridized carbons (Fsp3) is 0.0625. The highest BCUT2D eigenvalue weighted by molar-refractivity contribution is 5.93. The maximum absolute atomic E-state index is 13.5. The molecule has 1 N–H and O–H groups in total. The van der Waals surface area contributed by atoms with E-state index in [1.54, 1.807) is 36.4 Å². The summed E-state index contributed by atoms with van der Waals surface area (Å²) in [6, 6.07) is 31.2. The van der Waals surface area contributed by atoms with E-state index in [9.17, 15) is 9.59 Å². The second kappa shape index (κ2) is 10.7. The summed E-state index contributed by atoms with van der Waals surface area (Å²) in [6.45, 7) is 1.73. The number of anilines is 1. The SMILES string of the molecule is Cc1ccccc1NC(=O)COc1ccccc1C=Nn1c(-c2cc3ccccc3o2)nc2ccccc2c1=O. The van der Waals surface area contributed by atoms with Gasteiger partial charge in [-0.1, -0.05) is 60.7 Å². The van der Waals surface area contributed by atoms with Gasteiger partial charge in [-0.3, -0.25) is 9.59 Å². The predicted molar refractivity (Wildman–Crippen MR) is 156 cm³/mol. The number of carbonyl (C=O) groups excluding carboxylic acids is 1. The van der Waals surface area contributed by atoms with Gasteiger partial charge in [0, 0.05) is 16.6 Å². The maximum atomic E-state index is 13.5. The van der Waals surface area contributed by atoms with Gasteiger partial charge in [0.15, 0.2) is 12.4 Å². The number of carbonyl (C=O) groups is 1. The summed E-state index contributed by atoms with van der Waals surface area (Å²) in [4.78, 5) is 30.8. The van der Waals surface area contributed by atoms with Gasteiger partial charge in [-0.25, -0.2) is 4.98 Å². The highest BCUT2D eigenvalue weighted by Crippen LogP contribution is 2.27. The van der Waals surface area contributed by atoms with Crippen LogP contribution in [0.2, 0.25) is 0 Å². The number of para-hydroxylation sites is 4. The standard InChI is InChI=1S/C32H24N4O4/c1-21-10-2-6-14-25(21)34-30(37)20-39-27-16-8-4-12-23(27)19-33-36-31(29-18-22-11-3-9-17-28(22)40-29)35-26-15-7-5-13-24(26)32(36)38/h2-19H,20H2,1H3,(H,34,37). The molecule has 0 aliphatic rings. The Balaban J connectivity index is 1.33. The van der Waals surface area contributed by atoms with E-state index in [0.717, 1.165) is 16.6 Å². The summed E-state index contributed by atoms with van der Waals surface area (Å²) in [7, 11) is 0. The molecule has 0 radical (unpaired) electrons. The Hall–Kier alpha value is -5.50. The van der Waals surface area contributed by atoms with E-state index in [1.807, 2.05) is 73.7 Å². The Kier molecular flexibility index (Phi) is 6.64. The van der Waals surface area contributed by atoms with Gasteiger partial charge in [0.2, 0.25) is 5.82 Å². The van der Waals surface area contributed by atoms with E-state index in [0.29, 0.717) is 33.6 Å². The van der Waals surface area contributed by atoms with Gasteiger partial charge in [0.05, 0.1) is 17.1 Å². The third-order valence-corrected chi connectivity index (χ3v) is 6.41. The minimum absolute atomic E-state index is 0.194. The number of fused-ring (bicyclic) bond motifs is 2. The molecule has 0 bridgehead atoms. The summed E-state index contributed by atoms with van der Waals surface area (Å²) in [6.07, 6.45) is 1.51. The fourth-order valence-corrected chi connectivity index (χ4v) is 4.36. The molecule has 2 aromatic heterocycles. The first-order chi connectivity index (χ1) is 19.6. The lowest BCUT2D eigenvalue weighted by atomic mass is 10.2. The van der Waals surface area contributed by atoms with Crippen LogP contribution in [0.25, 0.3) is 33.5 Å². The van der Waals surface area contributed by atoms with Crippen LogP contribution in [0.1, 0.15) is 11.1 Å². The number of aryl methyl sites for hydroxylation is 1. The number of nitrogens with zero attached hydrogens (tertiary/aromatic N) is 3. The minimum Gasteiger partial charge on any atom is -0.483 e. The predicted octanol–water partition coefficient (Wildman–Crippen LogP) is 6.02. The summed E-state index contributed by atoms with van der Waals surface area (Å²) in [5.74, 6) is 0.840. The average Bonchev–Trinajstić information content (AvgIpc) is 3.41. The molecule has 0 spiro atoms. The van der Waals surface area contributed by atoms with Crippen LogP contribution >= 0.6 is 0 Å². The number of rotatable bonds is 7. The van der Waals surface area contributed by atoms with Crippen molar-refractivity contribution in [2.75, 3.05) is 11.9 Å². The molecule has 0 fully saturated rings. The Labute approximate surface area is 229 Å². The normalized spacial score (nSPS) is 11.3. The number of ether oxygens (including phenoxy) is 1. The van der Waals surface area contributed by atoms with Crippen molar-refractivity contribution in [1.29, 1.82) is 0 Å². The van der Waals surface area contributed by atoms with Crippen molar-refractivity contribution in [3.05, 3.63) is 125 Å². The number of amides is 1. The van der Waals surface area contributed by atoms with Crippen molar-refractivity contribution in [1.82, 2.24) is 9.66 Å². The largest absolute Gasteiger partial charge is 0.483 e. The highest BCUT2D eigenvalue weighted by Gasteiger charge is 2.16. The molecule has 0 aliphatic carbocycles. The Bertz CT molecular complexity index is 1920. The summed E-state index contributed by atoms with van der Waals surface area (Å²) < 4.78 is 13.1. The molecule has 2 heterocycles. The first-order valence-corrected chi connectivity index (χ1v) is 12.7. The van der Waals surface area contributed by atoms with E-state index in [-0.39, 0.29) is 23.9 Å². The van der Waals surface area contributed by atoms with Gasteiger partial charge in [-0.2, -0.15) is 9.78 Å². The smallest absolute Gasteiger partial charge is 0.282 e. The lowest BCUT2D eigenvalue weighted by molar-refractivity contribution is -0.118. The van der Waals surface area contributed by atoms with Crippen molar-refractivity contribution in [3.8, 4) is 17.3 Å². The van der Waals surface area contributed by atoms with Gasteiger partial charge in [-0.05, 0) is 55.0 Å². The lowest BCUT2D eigenvalue weighted by Gasteiger charge is -2.11. The third kappa shape index (κ3) is 4.98. The Morgan fingerprint density at radius 1 is 0.975 bits per heavy atom. The van der Waals surface area contributed by atoms with Crippen LogP contribution in [-0.4, -0.2) is 28.4 Å². The summed E-state index contributed by atoms with van der Waals surface area (Å²) in [5, 5.41) is 8.69. The third-order valence-electron chi connectivity index (χ3n) is 6.41. The van der Waals surface area contributed by atoms with Crippen LogP contribution < -0.4 is 15.6 Å². The van der Waals surface area contributed by atoms with Crippen LogP contribution in [0.15, 0.2) is 117 Å². The zero-order valence-corrected chi connectivity index (χ0v) is 21.6. The molecule has 1 amide bonds. The molecule has 0 saturated heterocycles. The number of nitrogens with one attached hydrogen (secondary N) is 1. The molecule has 0 saturated carbocycles. The van der Waals surface area contributed by atoms with Gasteiger partial charge in [0.25, 0.3) is 11.5 Å². The van der Waals surface area contributed by atoms with Crippen molar-refractivity contribution in [2.24, 2.45) is 5.10 Å². The molecule has 0 aliphatic heterocycles. The summed E-state index contributed by atoms with van der Waals surface area (Å²) >= 11 is 0. The molecule has 40 heavy (non-hydrogen) atoms. The van der Waals surface area contributed by atoms with Crippen LogP contribution in [0.3, 0.4) is 0 Å². The first-order valence-electron chi connectivity index (χ1n) is 12.7. The van der Waals surface area contributed by atoms with E-state index >= 15 is 0 Å². The van der Waals surface area contributed by atoms with Crippen molar-refractivity contribution in [3.63, 3.8) is 0 Å². The minimum atomic E-state index is -0.340. The van der Waals surface area contributed by atoms with E-state index in [4.69, 9.17) is 14.1 Å². The zero-order valence-electron chi connectivity index (χ0n) is 21.6. The van der Waals surface area contributed by atoms with Crippen molar-refractivity contribution >= 4 is 39.7 Å². The van der Waals surface area contributed by atoms with Gasteiger partial charge < -0.3 is 14.5 Å². The second-order valence-electron chi connectivity index (χ2n) is 9.15. The monoisotopic (exact) mass is 528 g/mol. The maximum Gasteiger partial charge on any atom is 0.282 e. The van der Waals surface area contributed by atoms with Gasteiger partial charge in [0.1, 0.15) is 11.3 Å². The topological polar surface area (TPSA) is 98.7 Å². The van der Waals surface area contributed by atoms with Crippen LogP contribution in [0.4, 0.5) is 5.69 Å². The highest BCUT2D eigenvalue weighted by atomic mass is 16.5. The van der Waals surface area contributed by atoms with Gasteiger partial charge >= 0.3 is 0 Å². The quantitative estimate of drug-likeness (QED) is 0.256. The fourth-order valence-electron chi connectivity index (χ4n) is 4.36. The molecular weight excluding hydrogens is 504 g/mol. The molecule has 196 valence electrons. The van der Waals surface area contributed by atoms with Crippen molar-refractivity contribution < 1.29 is 13.9 Å². The van der Waals surface area contributed by atoms with Crippen molar-refractivity contribution in [2.45, 2.75) is 6.92 Å². The van der Waals surface area contributed by atoms with Crippen LogP contribution in [0.5, 0.6) is 5.75 Å². The number of furan rings is 1. The molecule has 6 aromatic rings. The van der Waals surface area contributed by atoms with Crippen LogP contribution in [-0.2, 0) is 4.79 Å². The molecule has 8 nitrogen and oxygen atoms in total. The molecule has 4 aromatic carbocycles. The number of hydrogen-bond acceptors (Lipinski definition) is 6. The average molecular weight is 529 g/mol. The zero-order chi connectivity index (χ0) is 27.5. The first kappa shape index (κ1) is 24.8. The van der Waals surface area contributed by atoms with Crippen LogP contribution in [0, 0.1) is 6.92 Å². The lowest BCUT2D eigenvalue weighted by Crippen LogP contribution is -2.21. The molecule has 0 atom stereocenters. The number of benzene rings is 4. The summed E-state index contributed by atoms with van der Waals surface area (Å²) in [5.41, 5.74) is 3.15. The van der Waals surface area contributed by atoms with E-state index < -0.39 is 0 Å². The number of aromatic nitrogens is 2. The van der Waals surface area contributed by atoms with E-state index in [1.165, 1.54) is 10.9 Å².